The highest BCUT2D eigenvalue weighted by Gasteiger charge is 2.27. The number of nitrogens with one attached hydrogen (secondary N) is 3. The molecule has 3 aromatic rings. The molecule has 3 N–H and O–H groups in total. The van der Waals surface area contributed by atoms with Crippen LogP contribution in [0.4, 0.5) is 17.6 Å². The zero-order valence-electron chi connectivity index (χ0n) is 21.9. The van der Waals surface area contributed by atoms with Crippen LogP contribution in [0.3, 0.4) is 0 Å². The highest BCUT2D eigenvalue weighted by Crippen LogP contribution is 2.39. The standard InChI is InChI=1S/C28H28N8O4/c1-3-10-29-26(39)22-16-23(31-24-15-21(33-34-24)18-4-5-18)32-28(30-22)36-13-11-35(12-14-36)27(40)20-8-6-19(7-9-20)25(38)17(2)37/h1,6-9,15-16,18H,4-5,10-14H2,2H3,(H,29,39)(H2,30,31,32,33,34). The molecule has 2 fully saturated rings. The van der Waals surface area contributed by atoms with Gasteiger partial charge in [-0.1, -0.05) is 18.1 Å². The monoisotopic (exact) mass is 540 g/mol. The van der Waals surface area contributed by atoms with Gasteiger partial charge in [0, 0.05) is 68.0 Å². The zero-order valence-corrected chi connectivity index (χ0v) is 21.9. The normalized spacial score (nSPS) is 14.8. The number of Topliss-reactive ketones (excluding diaryl/α,β-unsaturated/α-hetero) is 2. The lowest BCUT2D eigenvalue weighted by Gasteiger charge is -2.35. The molecule has 1 saturated carbocycles. The lowest BCUT2D eigenvalue weighted by atomic mass is 10.1. The van der Waals surface area contributed by atoms with Crippen molar-refractivity contribution < 1.29 is 19.2 Å². The third-order valence-electron chi connectivity index (χ3n) is 6.73. The Hall–Kier alpha value is -5.05. The van der Waals surface area contributed by atoms with Gasteiger partial charge in [0.15, 0.2) is 11.6 Å². The van der Waals surface area contributed by atoms with E-state index in [9.17, 15) is 19.2 Å². The number of hydrogen-bond donors (Lipinski definition) is 3. The van der Waals surface area contributed by atoms with Gasteiger partial charge < -0.3 is 20.4 Å². The molecule has 5 rings (SSSR count). The Bertz CT molecular complexity index is 1500. The van der Waals surface area contributed by atoms with Crippen LogP contribution in [0.25, 0.3) is 0 Å². The summed E-state index contributed by atoms with van der Waals surface area (Å²) in [5.41, 5.74) is 1.89. The van der Waals surface area contributed by atoms with Gasteiger partial charge in [0.05, 0.1) is 6.54 Å². The molecule has 3 heterocycles. The number of rotatable bonds is 9. The molecular weight excluding hydrogens is 512 g/mol. The first-order valence-corrected chi connectivity index (χ1v) is 12.9. The molecule has 0 bridgehead atoms. The van der Waals surface area contributed by atoms with Crippen LogP contribution < -0.4 is 15.5 Å². The topological polar surface area (TPSA) is 153 Å². The number of anilines is 3. The fourth-order valence-corrected chi connectivity index (χ4v) is 4.37. The van der Waals surface area contributed by atoms with Gasteiger partial charge in [-0.05, 0) is 25.0 Å². The number of amides is 2. The Morgan fingerprint density at radius 2 is 1.70 bits per heavy atom. The SMILES string of the molecule is C#CCNC(=O)c1cc(Nc2cc(C3CC3)[nH]n2)nc(N2CCN(C(=O)c3ccc(C(=O)C(C)=O)cc3)CC2)n1. The van der Waals surface area contributed by atoms with Gasteiger partial charge in [-0.2, -0.15) is 10.1 Å². The summed E-state index contributed by atoms with van der Waals surface area (Å²) in [5.74, 6) is 2.47. The summed E-state index contributed by atoms with van der Waals surface area (Å²) >= 11 is 0. The van der Waals surface area contributed by atoms with E-state index >= 15 is 0 Å². The number of ketones is 2. The molecule has 0 atom stereocenters. The summed E-state index contributed by atoms with van der Waals surface area (Å²) in [6, 6.07) is 9.55. The van der Waals surface area contributed by atoms with Crippen LogP contribution in [0.15, 0.2) is 36.4 Å². The van der Waals surface area contributed by atoms with E-state index in [2.05, 4.69) is 36.7 Å². The molecule has 2 amide bonds. The molecule has 2 aromatic heterocycles. The van der Waals surface area contributed by atoms with Crippen molar-refractivity contribution >= 4 is 41.0 Å². The van der Waals surface area contributed by atoms with E-state index in [0.717, 1.165) is 18.5 Å². The second-order valence-corrected chi connectivity index (χ2v) is 9.67. The van der Waals surface area contributed by atoms with Crippen LogP contribution in [0.5, 0.6) is 0 Å². The van der Waals surface area contributed by atoms with Gasteiger partial charge in [-0.3, -0.25) is 24.3 Å². The van der Waals surface area contributed by atoms with Crippen molar-refractivity contribution in [3.05, 3.63) is 58.9 Å². The summed E-state index contributed by atoms with van der Waals surface area (Å²) < 4.78 is 0. The van der Waals surface area contributed by atoms with Crippen LogP contribution in [0, 0.1) is 12.3 Å². The minimum atomic E-state index is -0.590. The lowest BCUT2D eigenvalue weighted by Crippen LogP contribution is -2.49. The number of aromatic amines is 1. The summed E-state index contributed by atoms with van der Waals surface area (Å²) in [5, 5.41) is 13.1. The molecule has 1 aliphatic heterocycles. The first-order valence-electron chi connectivity index (χ1n) is 12.9. The van der Waals surface area contributed by atoms with E-state index in [1.54, 1.807) is 23.1 Å². The minimum Gasteiger partial charge on any atom is -0.340 e. The third-order valence-corrected chi connectivity index (χ3v) is 6.73. The average Bonchev–Trinajstić information content (AvgIpc) is 3.73. The molecule has 1 saturated heterocycles. The van der Waals surface area contributed by atoms with Crippen molar-refractivity contribution in [2.45, 2.75) is 25.7 Å². The number of aromatic nitrogens is 4. The van der Waals surface area contributed by atoms with E-state index in [1.165, 1.54) is 19.1 Å². The van der Waals surface area contributed by atoms with Crippen molar-refractivity contribution in [2.75, 3.05) is 42.9 Å². The predicted molar refractivity (Wildman–Crippen MR) is 147 cm³/mol. The lowest BCUT2D eigenvalue weighted by molar-refractivity contribution is -0.113. The van der Waals surface area contributed by atoms with Crippen molar-refractivity contribution in [2.24, 2.45) is 0 Å². The van der Waals surface area contributed by atoms with Crippen molar-refractivity contribution in [3.8, 4) is 12.3 Å². The molecular formula is C28H28N8O4. The largest absolute Gasteiger partial charge is 0.340 e. The molecule has 0 unspecified atom stereocenters. The summed E-state index contributed by atoms with van der Waals surface area (Å²) in [7, 11) is 0. The van der Waals surface area contributed by atoms with Gasteiger partial charge in [-0.15, -0.1) is 6.42 Å². The maximum absolute atomic E-state index is 13.0. The molecule has 0 spiro atoms. The van der Waals surface area contributed by atoms with Gasteiger partial charge >= 0.3 is 0 Å². The number of piperazine rings is 1. The maximum Gasteiger partial charge on any atom is 0.270 e. The first-order chi connectivity index (χ1) is 19.3. The number of H-pyrrole nitrogens is 1. The average molecular weight is 541 g/mol. The Kier molecular flexibility index (Phi) is 7.54. The summed E-state index contributed by atoms with van der Waals surface area (Å²) in [6.45, 7) is 2.96. The van der Waals surface area contributed by atoms with Gasteiger partial charge in [0.1, 0.15) is 11.5 Å². The molecule has 40 heavy (non-hydrogen) atoms. The van der Waals surface area contributed by atoms with Crippen molar-refractivity contribution in [1.82, 2.24) is 30.4 Å². The molecule has 0 radical (unpaired) electrons. The van der Waals surface area contributed by atoms with Crippen molar-refractivity contribution in [1.29, 1.82) is 0 Å². The zero-order chi connectivity index (χ0) is 28.2. The molecule has 1 aromatic carbocycles. The minimum absolute atomic E-state index is 0.0652. The van der Waals surface area contributed by atoms with Gasteiger partial charge in [0.25, 0.3) is 11.8 Å². The Balaban J connectivity index is 1.29. The number of carbonyl (C=O) groups excluding carboxylic acids is 4. The van der Waals surface area contributed by atoms with Gasteiger partial charge in [0.2, 0.25) is 11.7 Å². The van der Waals surface area contributed by atoms with Crippen LogP contribution in [0.2, 0.25) is 0 Å². The van der Waals surface area contributed by atoms with E-state index < -0.39 is 17.5 Å². The number of nitrogens with zero attached hydrogens (tertiary/aromatic N) is 5. The maximum atomic E-state index is 13.0. The van der Waals surface area contributed by atoms with Crippen LogP contribution >= 0.6 is 0 Å². The predicted octanol–water partition coefficient (Wildman–Crippen LogP) is 1.92. The Labute approximate surface area is 230 Å². The van der Waals surface area contributed by atoms with E-state index in [-0.39, 0.29) is 23.7 Å². The number of terminal acetylenes is 1. The number of carbonyl (C=O) groups is 4. The quantitative estimate of drug-likeness (QED) is 0.210. The first kappa shape index (κ1) is 26.6. The van der Waals surface area contributed by atoms with Gasteiger partial charge in [-0.25, -0.2) is 4.98 Å². The van der Waals surface area contributed by atoms with E-state index in [1.807, 2.05) is 11.0 Å². The Morgan fingerprint density at radius 3 is 2.35 bits per heavy atom. The number of hydrogen-bond acceptors (Lipinski definition) is 9. The molecule has 2 aliphatic rings. The fraction of sp³-hybridized carbons (Fsp3) is 0.321. The summed E-state index contributed by atoms with van der Waals surface area (Å²) in [4.78, 5) is 61.6. The number of benzene rings is 1. The summed E-state index contributed by atoms with van der Waals surface area (Å²) in [6.07, 6.45) is 7.56. The fourth-order valence-electron chi connectivity index (χ4n) is 4.37. The van der Waals surface area contributed by atoms with Crippen LogP contribution in [-0.4, -0.2) is 81.2 Å². The second kappa shape index (κ2) is 11.4. The van der Waals surface area contributed by atoms with E-state index in [0.29, 0.717) is 55.2 Å². The molecule has 12 heteroatoms. The highest BCUT2D eigenvalue weighted by atomic mass is 16.2. The van der Waals surface area contributed by atoms with Crippen LogP contribution in [-0.2, 0) is 4.79 Å². The molecule has 1 aliphatic carbocycles. The van der Waals surface area contributed by atoms with Crippen LogP contribution in [0.1, 0.15) is 62.6 Å². The Morgan fingerprint density at radius 1 is 1.00 bits per heavy atom. The second-order valence-electron chi connectivity index (χ2n) is 9.67. The smallest absolute Gasteiger partial charge is 0.270 e. The van der Waals surface area contributed by atoms with Crippen molar-refractivity contribution in [3.63, 3.8) is 0 Å². The third kappa shape index (κ3) is 5.99. The molecule has 204 valence electrons. The highest BCUT2D eigenvalue weighted by molar-refractivity contribution is 6.42. The van der Waals surface area contributed by atoms with E-state index in [4.69, 9.17) is 6.42 Å². The molecule has 12 nitrogen and oxygen atoms in total.